The molecule has 1 aromatic rings. The minimum absolute atomic E-state index is 0.215. The Hall–Kier alpha value is -1.96. The highest BCUT2D eigenvalue weighted by Crippen LogP contribution is 2.21. The number of aromatic nitrogens is 2. The second-order valence-electron chi connectivity index (χ2n) is 5.00. The van der Waals surface area contributed by atoms with E-state index in [-0.39, 0.29) is 17.5 Å². The average molecular weight is 281 g/mol. The molecule has 0 spiro atoms. The lowest BCUT2D eigenvalue weighted by Crippen LogP contribution is -2.41. The topological polar surface area (TPSA) is 103 Å². The lowest BCUT2D eigenvalue weighted by Gasteiger charge is -2.20. The Bertz CT molecular complexity index is 518. The van der Waals surface area contributed by atoms with Crippen LogP contribution in [0.25, 0.3) is 0 Å². The van der Waals surface area contributed by atoms with Crippen molar-refractivity contribution in [3.8, 4) is 0 Å². The summed E-state index contributed by atoms with van der Waals surface area (Å²) in [7, 11) is 1.55. The molecule has 2 rings (SSSR count). The summed E-state index contributed by atoms with van der Waals surface area (Å²) in [4.78, 5) is 26.2. The molecule has 0 bridgehead atoms. The fraction of sp³-hybridized carbons (Fsp3) is 0.667. The molecule has 2 unspecified atom stereocenters. The Kier molecular flexibility index (Phi) is 4.67. The van der Waals surface area contributed by atoms with Gasteiger partial charge in [-0.05, 0) is 24.8 Å². The first-order chi connectivity index (χ1) is 9.63. The van der Waals surface area contributed by atoms with Gasteiger partial charge < -0.3 is 15.5 Å². The maximum atomic E-state index is 11.8. The van der Waals surface area contributed by atoms with Crippen LogP contribution in [0.4, 0.5) is 5.82 Å². The van der Waals surface area contributed by atoms with Gasteiger partial charge in [0, 0.05) is 26.4 Å². The normalized spacial score (nSPS) is 20.1. The van der Waals surface area contributed by atoms with E-state index in [4.69, 9.17) is 10.5 Å². The van der Waals surface area contributed by atoms with Gasteiger partial charge in [-0.15, -0.1) is 0 Å². The maximum Gasteiger partial charge on any atom is 0.368 e. The quantitative estimate of drug-likeness (QED) is 0.734. The van der Waals surface area contributed by atoms with Crippen molar-refractivity contribution in [2.75, 3.05) is 37.5 Å². The number of nitroso groups, excluding NO2 is 1. The molecular weight excluding hydrogens is 262 g/mol. The average Bonchev–Trinajstić information content (AvgIpc) is 2.86. The van der Waals surface area contributed by atoms with Crippen LogP contribution in [0.3, 0.4) is 0 Å². The number of nitrogen functional groups attached to an aromatic ring is 1. The zero-order valence-corrected chi connectivity index (χ0v) is 11.4. The van der Waals surface area contributed by atoms with E-state index in [1.54, 1.807) is 19.4 Å². The molecule has 1 fully saturated rings. The van der Waals surface area contributed by atoms with Crippen LogP contribution in [0.1, 0.15) is 12.8 Å². The third-order valence-corrected chi connectivity index (χ3v) is 3.49. The largest absolute Gasteiger partial charge is 0.383 e. The number of methoxy groups -OCH3 is 1. The third kappa shape index (κ3) is 3.32. The van der Waals surface area contributed by atoms with Crippen LogP contribution in [0.2, 0.25) is 0 Å². The summed E-state index contributed by atoms with van der Waals surface area (Å²) < 4.78 is 6.43. The van der Waals surface area contributed by atoms with Gasteiger partial charge in [-0.2, -0.15) is 9.89 Å². The Morgan fingerprint density at radius 1 is 1.65 bits per heavy atom. The van der Waals surface area contributed by atoms with Crippen molar-refractivity contribution in [1.29, 1.82) is 0 Å². The van der Waals surface area contributed by atoms with Crippen LogP contribution in [0, 0.1) is 10.8 Å². The highest BCUT2D eigenvalue weighted by Gasteiger charge is 2.26. The van der Waals surface area contributed by atoms with E-state index in [0.717, 1.165) is 13.0 Å². The molecule has 0 amide bonds. The molecule has 1 aliphatic rings. The van der Waals surface area contributed by atoms with Crippen LogP contribution in [-0.4, -0.2) is 42.5 Å². The molecule has 1 aliphatic heterocycles. The molecule has 0 saturated carbocycles. The highest BCUT2D eigenvalue weighted by molar-refractivity contribution is 5.24. The molecule has 0 aromatic carbocycles. The fourth-order valence-corrected chi connectivity index (χ4v) is 2.54. The van der Waals surface area contributed by atoms with E-state index in [9.17, 15) is 9.70 Å². The fourth-order valence-electron chi connectivity index (χ4n) is 2.54. The summed E-state index contributed by atoms with van der Waals surface area (Å²) in [5.41, 5.74) is 5.08. The van der Waals surface area contributed by atoms with Crippen molar-refractivity contribution in [3.63, 3.8) is 0 Å². The summed E-state index contributed by atoms with van der Waals surface area (Å²) in [6, 6.07) is 1.27. The van der Waals surface area contributed by atoms with Gasteiger partial charge in [0.1, 0.15) is 11.9 Å². The van der Waals surface area contributed by atoms with Gasteiger partial charge in [-0.25, -0.2) is 9.47 Å². The van der Waals surface area contributed by atoms with E-state index >= 15 is 0 Å². The van der Waals surface area contributed by atoms with Crippen molar-refractivity contribution in [1.82, 2.24) is 9.66 Å². The first-order valence-electron chi connectivity index (χ1n) is 6.56. The molecular formula is C12H19N5O3. The molecule has 2 atom stereocenters. The third-order valence-electron chi connectivity index (χ3n) is 3.49. The van der Waals surface area contributed by atoms with E-state index < -0.39 is 0 Å². The second kappa shape index (κ2) is 6.47. The van der Waals surface area contributed by atoms with E-state index in [1.165, 1.54) is 4.68 Å². The number of rotatable bonds is 6. The molecule has 0 aliphatic carbocycles. The van der Waals surface area contributed by atoms with Gasteiger partial charge in [0.25, 0.3) is 0 Å². The minimum Gasteiger partial charge on any atom is -0.383 e. The van der Waals surface area contributed by atoms with Crippen LogP contribution in [-0.2, 0) is 4.74 Å². The number of hydrogen-bond donors (Lipinski definition) is 1. The van der Waals surface area contributed by atoms with Crippen molar-refractivity contribution in [3.05, 3.63) is 27.7 Å². The first kappa shape index (κ1) is 14.4. The zero-order chi connectivity index (χ0) is 14.5. The molecule has 8 heteroatoms. The van der Waals surface area contributed by atoms with Gasteiger partial charge >= 0.3 is 5.69 Å². The molecule has 1 saturated heterocycles. The molecule has 20 heavy (non-hydrogen) atoms. The summed E-state index contributed by atoms with van der Waals surface area (Å²) in [5, 5.41) is 4.99. The summed E-state index contributed by atoms with van der Waals surface area (Å²) >= 11 is 0. The SMILES string of the molecule is COCC(CC1CCN(n2ccc(N)nc2=O)C1)N=O. The lowest BCUT2D eigenvalue weighted by molar-refractivity contribution is 0.171. The second-order valence-corrected chi connectivity index (χ2v) is 5.00. The number of hydrogen-bond acceptors (Lipinski definition) is 7. The van der Waals surface area contributed by atoms with Gasteiger partial charge in [0.15, 0.2) is 0 Å². The minimum atomic E-state index is -0.382. The number of ether oxygens (including phenoxy) is 1. The predicted molar refractivity (Wildman–Crippen MR) is 75.0 cm³/mol. The van der Waals surface area contributed by atoms with Crippen LogP contribution in [0.5, 0.6) is 0 Å². The Morgan fingerprint density at radius 2 is 2.45 bits per heavy atom. The van der Waals surface area contributed by atoms with Gasteiger partial charge in [0.05, 0.1) is 6.61 Å². The molecule has 8 nitrogen and oxygen atoms in total. The van der Waals surface area contributed by atoms with Crippen molar-refractivity contribution >= 4 is 5.82 Å². The summed E-state index contributed by atoms with van der Waals surface area (Å²) in [6.45, 7) is 1.78. The molecule has 2 heterocycles. The van der Waals surface area contributed by atoms with E-state index in [1.807, 2.05) is 5.01 Å². The summed E-state index contributed by atoms with van der Waals surface area (Å²) in [6.07, 6.45) is 3.20. The van der Waals surface area contributed by atoms with Gasteiger partial charge in [0.2, 0.25) is 0 Å². The van der Waals surface area contributed by atoms with Crippen molar-refractivity contribution in [2.24, 2.45) is 11.1 Å². The van der Waals surface area contributed by atoms with Gasteiger partial charge in [-0.3, -0.25) is 0 Å². The Balaban J connectivity index is 1.98. The van der Waals surface area contributed by atoms with Crippen molar-refractivity contribution in [2.45, 2.75) is 18.9 Å². The lowest BCUT2D eigenvalue weighted by atomic mass is 10.0. The number of nitrogens with two attached hydrogens (primary N) is 1. The molecule has 110 valence electrons. The Labute approximate surface area is 116 Å². The van der Waals surface area contributed by atoms with Gasteiger partial charge in [-0.1, -0.05) is 5.18 Å². The predicted octanol–water partition coefficient (Wildman–Crippen LogP) is -0.0451. The van der Waals surface area contributed by atoms with Crippen LogP contribution in [0.15, 0.2) is 22.2 Å². The monoisotopic (exact) mass is 281 g/mol. The summed E-state index contributed by atoms with van der Waals surface area (Å²) in [5.74, 6) is 0.532. The van der Waals surface area contributed by atoms with E-state index in [0.29, 0.717) is 25.5 Å². The number of nitrogens with zero attached hydrogens (tertiary/aromatic N) is 4. The van der Waals surface area contributed by atoms with Crippen molar-refractivity contribution < 1.29 is 4.74 Å². The molecule has 1 aromatic heterocycles. The smallest absolute Gasteiger partial charge is 0.368 e. The molecule has 0 radical (unpaired) electrons. The number of anilines is 1. The molecule has 2 N–H and O–H groups in total. The van der Waals surface area contributed by atoms with Crippen LogP contribution < -0.4 is 16.4 Å². The zero-order valence-electron chi connectivity index (χ0n) is 11.4. The highest BCUT2D eigenvalue weighted by atomic mass is 16.5. The Morgan fingerprint density at radius 3 is 3.10 bits per heavy atom. The first-order valence-corrected chi connectivity index (χ1v) is 6.56. The maximum absolute atomic E-state index is 11.8. The van der Waals surface area contributed by atoms with Crippen LogP contribution >= 0.6 is 0 Å². The standard InChI is InChI=1S/C12H19N5O3/c1-20-8-10(15-19)6-9-2-4-16(7-9)17-5-3-11(13)14-12(17)18/h3,5,9-10H,2,4,6-8H2,1H3,(H2,13,14,18). The van der Waals surface area contributed by atoms with E-state index in [2.05, 4.69) is 10.2 Å².